The average Bonchev–Trinajstić information content (AvgIpc) is 2.81. The molecule has 0 bridgehead atoms. The fourth-order valence-electron chi connectivity index (χ4n) is 3.37. The molecule has 0 saturated carbocycles. The van der Waals surface area contributed by atoms with E-state index < -0.39 is 6.10 Å². The van der Waals surface area contributed by atoms with E-state index in [0.29, 0.717) is 36.7 Å². The quantitative estimate of drug-likeness (QED) is 0.128. The fourth-order valence-corrected chi connectivity index (χ4v) is 3.96. The zero-order valence-electron chi connectivity index (χ0n) is 19.9. The fraction of sp³-hybridized carbons (Fsp3) is 0.440. The third-order valence-electron chi connectivity index (χ3n) is 5.60. The summed E-state index contributed by atoms with van der Waals surface area (Å²) in [6.45, 7) is 6.98. The number of benzene rings is 2. The van der Waals surface area contributed by atoms with Crippen molar-refractivity contribution in [2.45, 2.75) is 38.7 Å². The summed E-state index contributed by atoms with van der Waals surface area (Å²) in [7, 11) is 0. The number of hydrogen-bond donors (Lipinski definition) is 4. The number of alkyl halides is 1. The van der Waals surface area contributed by atoms with E-state index in [4.69, 9.17) is 32.7 Å². The molecule has 7 nitrogen and oxygen atoms in total. The van der Waals surface area contributed by atoms with Crippen LogP contribution in [0.2, 0.25) is 0 Å². The third-order valence-corrected chi connectivity index (χ3v) is 6.58. The molecule has 1 atom stereocenters. The Morgan fingerprint density at radius 3 is 2.35 bits per heavy atom. The Morgan fingerprint density at radius 2 is 1.79 bits per heavy atom. The number of aliphatic hydroxyl groups excluding tert-OH is 2. The first-order valence-corrected chi connectivity index (χ1v) is 12.4. The van der Waals surface area contributed by atoms with Gasteiger partial charge < -0.3 is 30.4 Å². The lowest BCUT2D eigenvalue weighted by Crippen LogP contribution is -2.35. The number of nitrogens with zero attached hydrogens (tertiary/aromatic N) is 1. The second kappa shape index (κ2) is 13.2. The van der Waals surface area contributed by atoms with E-state index in [1.807, 2.05) is 30.3 Å². The molecule has 9 heteroatoms. The maximum atomic E-state index is 9.60. The standard InChI is InChI=1S/C25H35BrClN3O4/c1-17(28)23(15-31)30(29)11-4-12-33-21-8-5-18(6-9-21)25(2,3)19-7-10-24(22(26)13-19)34-16-20(32)14-27/h5-10,13,20,31-32H,4,11-12,14-16,28-29H2,1-3H3/b23-17-. The summed E-state index contributed by atoms with van der Waals surface area (Å²) in [5.41, 5.74) is 8.75. The van der Waals surface area contributed by atoms with Gasteiger partial charge in [-0.3, -0.25) is 0 Å². The van der Waals surface area contributed by atoms with Crippen LogP contribution in [0.15, 0.2) is 58.3 Å². The lowest BCUT2D eigenvalue weighted by Gasteiger charge is -2.27. The molecule has 0 aliphatic heterocycles. The Morgan fingerprint density at radius 1 is 1.15 bits per heavy atom. The van der Waals surface area contributed by atoms with E-state index >= 15 is 0 Å². The molecule has 1 unspecified atom stereocenters. The van der Waals surface area contributed by atoms with Gasteiger partial charge in [0.25, 0.3) is 0 Å². The molecule has 6 N–H and O–H groups in total. The molecule has 2 aromatic rings. The third kappa shape index (κ3) is 7.78. The number of hydrazine groups is 1. The molecule has 0 radical (unpaired) electrons. The van der Waals surface area contributed by atoms with E-state index in [9.17, 15) is 10.2 Å². The van der Waals surface area contributed by atoms with Crippen LogP contribution in [0.25, 0.3) is 0 Å². The van der Waals surface area contributed by atoms with Gasteiger partial charge in [-0.25, -0.2) is 5.84 Å². The number of aliphatic hydroxyl groups is 2. The van der Waals surface area contributed by atoms with E-state index in [1.54, 1.807) is 6.92 Å². The minimum Gasteiger partial charge on any atom is -0.494 e. The zero-order valence-corrected chi connectivity index (χ0v) is 22.3. The molecule has 0 aromatic heterocycles. The molecule has 0 aliphatic rings. The van der Waals surface area contributed by atoms with Gasteiger partial charge in [-0.1, -0.05) is 32.0 Å². The summed E-state index contributed by atoms with van der Waals surface area (Å²) in [6.07, 6.45) is -0.0186. The molecule has 2 rings (SSSR count). The first-order valence-electron chi connectivity index (χ1n) is 11.1. The van der Waals surface area contributed by atoms with Crippen molar-refractivity contribution in [2.75, 3.05) is 32.2 Å². The maximum Gasteiger partial charge on any atom is 0.133 e. The Bertz CT molecular complexity index is 950. The molecule has 0 fully saturated rings. The number of nitrogens with two attached hydrogens (primary N) is 2. The maximum absolute atomic E-state index is 9.60. The van der Waals surface area contributed by atoms with Crippen molar-refractivity contribution in [3.63, 3.8) is 0 Å². The molecular formula is C25H35BrClN3O4. The summed E-state index contributed by atoms with van der Waals surface area (Å²) >= 11 is 9.19. The molecule has 0 amide bonds. The predicted octanol–water partition coefficient (Wildman–Crippen LogP) is 3.88. The second-order valence-corrected chi connectivity index (χ2v) is 9.76. The van der Waals surface area contributed by atoms with E-state index in [0.717, 1.165) is 21.3 Å². The molecule has 2 aromatic carbocycles. The highest BCUT2D eigenvalue weighted by atomic mass is 79.9. The SMILES string of the molecule is C/C(N)=C(\CO)N(N)CCCOc1ccc(C(C)(C)c2ccc(OCC(O)CCl)c(Br)c2)cc1. The number of halogens is 2. The van der Waals surface area contributed by atoms with Gasteiger partial charge in [-0.05, 0) is 58.2 Å². The van der Waals surface area contributed by atoms with Crippen LogP contribution in [0.4, 0.5) is 0 Å². The second-order valence-electron chi connectivity index (χ2n) is 8.60. The molecule has 0 spiro atoms. The van der Waals surface area contributed by atoms with Crippen molar-refractivity contribution in [1.29, 1.82) is 0 Å². The van der Waals surface area contributed by atoms with E-state index in [2.05, 4.69) is 41.9 Å². The van der Waals surface area contributed by atoms with Crippen LogP contribution in [0.3, 0.4) is 0 Å². The highest BCUT2D eigenvalue weighted by Crippen LogP contribution is 2.36. The largest absolute Gasteiger partial charge is 0.494 e. The number of allylic oxidation sites excluding steroid dienone is 1. The van der Waals surface area contributed by atoms with Crippen LogP contribution in [0.5, 0.6) is 11.5 Å². The lowest BCUT2D eigenvalue weighted by atomic mass is 9.78. The minimum absolute atomic E-state index is 0.129. The molecule has 0 saturated heterocycles. The van der Waals surface area contributed by atoms with Crippen molar-refractivity contribution >= 4 is 27.5 Å². The van der Waals surface area contributed by atoms with Crippen LogP contribution in [0, 0.1) is 0 Å². The van der Waals surface area contributed by atoms with Gasteiger partial charge in [0.2, 0.25) is 0 Å². The number of hydrogen-bond acceptors (Lipinski definition) is 7. The van der Waals surface area contributed by atoms with Crippen LogP contribution >= 0.6 is 27.5 Å². The Labute approximate surface area is 215 Å². The van der Waals surface area contributed by atoms with Gasteiger partial charge in [-0.2, -0.15) is 0 Å². The van der Waals surface area contributed by atoms with Gasteiger partial charge in [0, 0.05) is 24.1 Å². The molecule has 34 heavy (non-hydrogen) atoms. The Hall–Kier alpha value is -1.97. The highest BCUT2D eigenvalue weighted by Gasteiger charge is 2.24. The van der Waals surface area contributed by atoms with Crippen molar-refractivity contribution < 1.29 is 19.7 Å². The lowest BCUT2D eigenvalue weighted by molar-refractivity contribution is 0.125. The van der Waals surface area contributed by atoms with E-state index in [1.165, 1.54) is 5.01 Å². The summed E-state index contributed by atoms with van der Waals surface area (Å²) < 4.78 is 12.3. The summed E-state index contributed by atoms with van der Waals surface area (Å²) in [4.78, 5) is 0. The Kier molecular flexibility index (Phi) is 11.0. The number of ether oxygens (including phenoxy) is 2. The van der Waals surface area contributed by atoms with Crippen LogP contribution in [-0.4, -0.2) is 53.6 Å². The van der Waals surface area contributed by atoms with Gasteiger partial charge in [0.15, 0.2) is 0 Å². The van der Waals surface area contributed by atoms with Gasteiger partial charge in [-0.15, -0.1) is 11.6 Å². The predicted molar refractivity (Wildman–Crippen MR) is 140 cm³/mol. The molecular weight excluding hydrogens is 522 g/mol. The first-order chi connectivity index (χ1) is 16.1. The normalized spacial score (nSPS) is 13.3. The smallest absolute Gasteiger partial charge is 0.133 e. The zero-order chi connectivity index (χ0) is 25.3. The Balaban J connectivity index is 1.96. The first kappa shape index (κ1) is 28.3. The van der Waals surface area contributed by atoms with Gasteiger partial charge in [0.1, 0.15) is 24.2 Å². The topological polar surface area (TPSA) is 114 Å². The average molecular weight is 557 g/mol. The van der Waals surface area contributed by atoms with Gasteiger partial charge >= 0.3 is 0 Å². The van der Waals surface area contributed by atoms with Crippen molar-refractivity contribution in [1.82, 2.24) is 5.01 Å². The highest BCUT2D eigenvalue weighted by molar-refractivity contribution is 9.10. The summed E-state index contributed by atoms with van der Waals surface area (Å²) in [6, 6.07) is 14.0. The molecule has 188 valence electrons. The summed E-state index contributed by atoms with van der Waals surface area (Å²) in [5.74, 6) is 7.51. The van der Waals surface area contributed by atoms with Gasteiger partial charge in [0.05, 0.1) is 29.3 Å². The molecule has 0 aliphatic carbocycles. The monoisotopic (exact) mass is 555 g/mol. The van der Waals surface area contributed by atoms with Crippen LogP contribution in [0.1, 0.15) is 38.3 Å². The summed E-state index contributed by atoms with van der Waals surface area (Å²) in [5, 5.41) is 20.4. The van der Waals surface area contributed by atoms with Crippen molar-refractivity contribution in [3.05, 3.63) is 69.5 Å². The minimum atomic E-state index is -0.704. The molecule has 0 heterocycles. The van der Waals surface area contributed by atoms with Crippen molar-refractivity contribution in [2.24, 2.45) is 11.6 Å². The van der Waals surface area contributed by atoms with Crippen LogP contribution in [-0.2, 0) is 5.41 Å². The van der Waals surface area contributed by atoms with E-state index in [-0.39, 0.29) is 24.5 Å². The number of rotatable bonds is 13. The van der Waals surface area contributed by atoms with Crippen molar-refractivity contribution in [3.8, 4) is 11.5 Å². The van der Waals surface area contributed by atoms with Crippen LogP contribution < -0.4 is 21.1 Å².